The highest BCUT2D eigenvalue weighted by molar-refractivity contribution is 6.30. The number of ether oxygens (including phenoxy) is 1. The highest BCUT2D eigenvalue weighted by Crippen LogP contribution is 2.16. The summed E-state index contributed by atoms with van der Waals surface area (Å²) in [6.07, 6.45) is 6.79. The van der Waals surface area contributed by atoms with E-state index in [1.807, 2.05) is 24.3 Å². The molecule has 1 aromatic carbocycles. The largest absolute Gasteiger partial charge is 0.374 e. The van der Waals surface area contributed by atoms with Crippen molar-refractivity contribution in [2.24, 2.45) is 0 Å². The molecule has 1 heterocycles. The second kappa shape index (κ2) is 4.63. The summed E-state index contributed by atoms with van der Waals surface area (Å²) in [6, 6.07) is 7.83. The van der Waals surface area contributed by atoms with Gasteiger partial charge in [-0.1, -0.05) is 35.9 Å². The maximum atomic E-state index is 5.88. The summed E-state index contributed by atoms with van der Waals surface area (Å²) in [5.74, 6) is 0. The van der Waals surface area contributed by atoms with Crippen molar-refractivity contribution in [1.29, 1.82) is 0 Å². The molecular formula is C12H13ClO. The molecule has 2 rings (SSSR count). The number of halogens is 1. The molecule has 0 aromatic heterocycles. The van der Waals surface area contributed by atoms with E-state index in [0.717, 1.165) is 23.6 Å². The molecule has 1 unspecified atom stereocenters. The molecule has 1 nitrogen and oxygen atoms in total. The van der Waals surface area contributed by atoms with Crippen LogP contribution < -0.4 is 0 Å². The zero-order valence-electron chi connectivity index (χ0n) is 7.95. The van der Waals surface area contributed by atoms with Crippen molar-refractivity contribution in [2.75, 3.05) is 6.61 Å². The summed E-state index contributed by atoms with van der Waals surface area (Å²) < 4.78 is 5.49. The van der Waals surface area contributed by atoms with E-state index in [2.05, 4.69) is 12.2 Å². The van der Waals surface area contributed by atoms with Gasteiger partial charge in [-0.2, -0.15) is 0 Å². The van der Waals surface area contributed by atoms with Crippen LogP contribution in [0.4, 0.5) is 0 Å². The van der Waals surface area contributed by atoms with Crippen LogP contribution in [0.15, 0.2) is 30.3 Å². The fourth-order valence-corrected chi connectivity index (χ4v) is 1.78. The van der Waals surface area contributed by atoms with Crippen LogP contribution in [0.1, 0.15) is 18.4 Å². The van der Waals surface area contributed by atoms with E-state index >= 15 is 0 Å². The number of hydrogen-bond donors (Lipinski definition) is 0. The molecule has 0 amide bonds. The fraction of sp³-hybridized carbons (Fsp3) is 0.333. The first-order valence-corrected chi connectivity index (χ1v) is 5.28. The maximum absolute atomic E-state index is 5.88. The molecule has 1 fully saturated rings. The minimum Gasteiger partial charge on any atom is -0.374 e. The van der Waals surface area contributed by atoms with Crippen molar-refractivity contribution in [3.63, 3.8) is 0 Å². The van der Waals surface area contributed by atoms with Gasteiger partial charge in [0.25, 0.3) is 0 Å². The van der Waals surface area contributed by atoms with Gasteiger partial charge in [0.15, 0.2) is 0 Å². The summed E-state index contributed by atoms with van der Waals surface area (Å²) >= 11 is 5.88. The molecule has 1 aliphatic heterocycles. The molecule has 0 spiro atoms. The van der Waals surface area contributed by atoms with Gasteiger partial charge in [-0.25, -0.2) is 0 Å². The van der Waals surface area contributed by atoms with Crippen LogP contribution in [0.3, 0.4) is 0 Å². The lowest BCUT2D eigenvalue weighted by atomic mass is 10.1. The van der Waals surface area contributed by atoms with Gasteiger partial charge in [0.1, 0.15) is 0 Å². The molecule has 1 saturated heterocycles. The topological polar surface area (TPSA) is 9.23 Å². The normalized spacial score (nSPS) is 21.9. The first-order valence-electron chi connectivity index (χ1n) is 4.90. The quantitative estimate of drug-likeness (QED) is 0.723. The van der Waals surface area contributed by atoms with Crippen molar-refractivity contribution >= 4 is 17.7 Å². The third kappa shape index (κ3) is 2.60. The Balaban J connectivity index is 2.02. The predicted octanol–water partition coefficient (Wildman–Crippen LogP) is 3.53. The second-order valence-corrected chi connectivity index (χ2v) is 3.90. The average Bonchev–Trinajstić information content (AvgIpc) is 2.67. The van der Waals surface area contributed by atoms with Crippen molar-refractivity contribution in [3.05, 3.63) is 40.9 Å². The van der Waals surface area contributed by atoms with E-state index in [9.17, 15) is 0 Å². The molecular weight excluding hydrogens is 196 g/mol. The van der Waals surface area contributed by atoms with E-state index in [-0.39, 0.29) is 0 Å². The smallest absolute Gasteiger partial charge is 0.0759 e. The average molecular weight is 209 g/mol. The van der Waals surface area contributed by atoms with Crippen molar-refractivity contribution < 1.29 is 4.74 Å². The second-order valence-electron chi connectivity index (χ2n) is 3.47. The van der Waals surface area contributed by atoms with Crippen LogP contribution in [-0.4, -0.2) is 12.7 Å². The molecule has 0 bridgehead atoms. The minimum atomic E-state index is 0.300. The predicted molar refractivity (Wildman–Crippen MR) is 59.5 cm³/mol. The third-order valence-electron chi connectivity index (χ3n) is 2.32. The van der Waals surface area contributed by atoms with Gasteiger partial charge in [-0.05, 0) is 30.5 Å². The monoisotopic (exact) mass is 208 g/mol. The highest BCUT2D eigenvalue weighted by Gasteiger charge is 2.10. The van der Waals surface area contributed by atoms with Gasteiger partial charge in [0, 0.05) is 11.6 Å². The molecule has 0 N–H and O–H groups in total. The van der Waals surface area contributed by atoms with E-state index < -0.39 is 0 Å². The van der Waals surface area contributed by atoms with E-state index in [1.165, 1.54) is 6.42 Å². The molecule has 0 aliphatic carbocycles. The number of hydrogen-bond acceptors (Lipinski definition) is 1. The molecule has 1 atom stereocenters. The van der Waals surface area contributed by atoms with Crippen LogP contribution >= 0.6 is 11.6 Å². The Labute approximate surface area is 89.3 Å². The van der Waals surface area contributed by atoms with Crippen LogP contribution in [0.25, 0.3) is 6.08 Å². The SMILES string of the molecule is Clc1cccc(/C=C\C2CCCO2)c1. The van der Waals surface area contributed by atoms with Crippen molar-refractivity contribution in [2.45, 2.75) is 18.9 Å². The number of rotatable bonds is 2. The third-order valence-corrected chi connectivity index (χ3v) is 2.55. The van der Waals surface area contributed by atoms with Gasteiger partial charge in [-0.3, -0.25) is 0 Å². The van der Waals surface area contributed by atoms with Crippen LogP contribution in [-0.2, 0) is 4.74 Å². The molecule has 0 radical (unpaired) electrons. The lowest BCUT2D eigenvalue weighted by Gasteiger charge is -2.01. The molecule has 74 valence electrons. The van der Waals surface area contributed by atoms with Gasteiger partial charge >= 0.3 is 0 Å². The summed E-state index contributed by atoms with van der Waals surface area (Å²) in [6.45, 7) is 0.893. The Morgan fingerprint density at radius 3 is 3.07 bits per heavy atom. The molecule has 0 saturated carbocycles. The summed E-state index contributed by atoms with van der Waals surface area (Å²) in [7, 11) is 0. The van der Waals surface area contributed by atoms with Gasteiger partial charge in [0.2, 0.25) is 0 Å². The van der Waals surface area contributed by atoms with Gasteiger partial charge < -0.3 is 4.74 Å². The lowest BCUT2D eigenvalue weighted by molar-refractivity contribution is 0.146. The Morgan fingerprint density at radius 1 is 1.43 bits per heavy atom. The molecule has 1 aliphatic rings. The summed E-state index contributed by atoms with van der Waals surface area (Å²) in [5.41, 5.74) is 1.13. The maximum Gasteiger partial charge on any atom is 0.0759 e. The first-order chi connectivity index (χ1) is 6.84. The zero-order valence-corrected chi connectivity index (χ0v) is 8.70. The van der Waals surface area contributed by atoms with Crippen molar-refractivity contribution in [1.82, 2.24) is 0 Å². The Kier molecular flexibility index (Phi) is 3.22. The van der Waals surface area contributed by atoms with E-state index in [1.54, 1.807) is 0 Å². The first kappa shape index (κ1) is 9.75. The minimum absolute atomic E-state index is 0.300. The van der Waals surface area contributed by atoms with Gasteiger partial charge in [-0.15, -0.1) is 0 Å². The Hall–Kier alpha value is -0.790. The summed E-state index contributed by atoms with van der Waals surface area (Å²) in [4.78, 5) is 0. The number of benzene rings is 1. The van der Waals surface area contributed by atoms with Crippen molar-refractivity contribution in [3.8, 4) is 0 Å². The van der Waals surface area contributed by atoms with Crippen LogP contribution in [0, 0.1) is 0 Å². The van der Waals surface area contributed by atoms with Crippen LogP contribution in [0.5, 0.6) is 0 Å². The van der Waals surface area contributed by atoms with Gasteiger partial charge in [0.05, 0.1) is 6.10 Å². The van der Waals surface area contributed by atoms with E-state index in [4.69, 9.17) is 16.3 Å². The molecule has 1 aromatic rings. The summed E-state index contributed by atoms with van der Waals surface area (Å²) in [5, 5.41) is 0.777. The standard InChI is InChI=1S/C12H13ClO/c13-11-4-1-3-10(9-11)6-7-12-5-2-8-14-12/h1,3-4,6-7,9,12H,2,5,8H2/b7-6-. The Morgan fingerprint density at radius 2 is 2.36 bits per heavy atom. The zero-order chi connectivity index (χ0) is 9.80. The lowest BCUT2D eigenvalue weighted by Crippen LogP contribution is -1.98. The molecule has 14 heavy (non-hydrogen) atoms. The molecule has 2 heteroatoms. The Bertz CT molecular complexity index is 327. The highest BCUT2D eigenvalue weighted by atomic mass is 35.5. The van der Waals surface area contributed by atoms with E-state index in [0.29, 0.717) is 6.10 Å². The fourth-order valence-electron chi connectivity index (χ4n) is 1.58. The van der Waals surface area contributed by atoms with Crippen LogP contribution in [0.2, 0.25) is 5.02 Å².